The molecule has 0 saturated carbocycles. The summed E-state index contributed by atoms with van der Waals surface area (Å²) in [5.41, 5.74) is 2.47. The van der Waals surface area contributed by atoms with Crippen LogP contribution in [0.5, 0.6) is 11.5 Å². The van der Waals surface area contributed by atoms with E-state index >= 15 is 0 Å². The zero-order chi connectivity index (χ0) is 21.0. The Hall–Kier alpha value is -3.02. The van der Waals surface area contributed by atoms with Crippen LogP contribution in [-0.2, 0) is 0 Å². The number of anilines is 1. The normalized spacial score (nSPS) is 14.4. The standard InChI is InChI=1S/C23H28N2O4/c1-16-15-18(5-10-21(16)29-4)22(26)17-11-13-25(14-12-17)23(27)24(2)19-6-8-20(28-3)9-7-19/h5-10,15,17H,11-14H2,1-4H3. The Morgan fingerprint density at radius 1 is 1.00 bits per heavy atom. The highest BCUT2D eigenvalue weighted by Crippen LogP contribution is 2.26. The Kier molecular flexibility index (Phi) is 6.42. The summed E-state index contributed by atoms with van der Waals surface area (Å²) >= 11 is 0. The second kappa shape index (κ2) is 8.99. The van der Waals surface area contributed by atoms with Crippen molar-refractivity contribution in [1.29, 1.82) is 0 Å². The molecule has 1 heterocycles. The van der Waals surface area contributed by atoms with E-state index < -0.39 is 0 Å². The van der Waals surface area contributed by atoms with Crippen molar-refractivity contribution >= 4 is 17.5 Å². The summed E-state index contributed by atoms with van der Waals surface area (Å²) in [7, 11) is 5.00. The number of hydrogen-bond acceptors (Lipinski definition) is 4. The lowest BCUT2D eigenvalue weighted by Gasteiger charge is -2.34. The number of aryl methyl sites for hydroxylation is 1. The van der Waals surface area contributed by atoms with Crippen LogP contribution in [0, 0.1) is 12.8 Å². The minimum atomic E-state index is -0.0573. The van der Waals surface area contributed by atoms with Gasteiger partial charge in [0.15, 0.2) is 5.78 Å². The molecule has 0 aliphatic carbocycles. The number of carbonyl (C=O) groups excluding carboxylic acids is 2. The van der Waals surface area contributed by atoms with Crippen molar-refractivity contribution in [2.45, 2.75) is 19.8 Å². The quantitative estimate of drug-likeness (QED) is 0.712. The van der Waals surface area contributed by atoms with Gasteiger partial charge in [-0.3, -0.25) is 9.69 Å². The molecular formula is C23H28N2O4. The van der Waals surface area contributed by atoms with Crippen molar-refractivity contribution < 1.29 is 19.1 Å². The van der Waals surface area contributed by atoms with Gasteiger partial charge < -0.3 is 14.4 Å². The van der Waals surface area contributed by atoms with Gasteiger partial charge in [-0.1, -0.05) is 0 Å². The molecule has 2 aromatic rings. The summed E-state index contributed by atoms with van der Waals surface area (Å²) in [5.74, 6) is 1.62. The van der Waals surface area contributed by atoms with Crippen molar-refractivity contribution in [2.75, 3.05) is 39.3 Å². The van der Waals surface area contributed by atoms with E-state index in [1.54, 1.807) is 26.2 Å². The minimum Gasteiger partial charge on any atom is -0.497 e. The van der Waals surface area contributed by atoms with Gasteiger partial charge in [0.1, 0.15) is 11.5 Å². The number of hydrogen-bond donors (Lipinski definition) is 0. The van der Waals surface area contributed by atoms with Crippen molar-refractivity contribution in [3.05, 3.63) is 53.6 Å². The number of Topliss-reactive ketones (excluding diaryl/α,β-unsaturated/α-hetero) is 1. The van der Waals surface area contributed by atoms with E-state index in [1.807, 2.05) is 54.3 Å². The third kappa shape index (κ3) is 4.53. The second-order valence-corrected chi connectivity index (χ2v) is 7.35. The first-order chi connectivity index (χ1) is 13.9. The second-order valence-electron chi connectivity index (χ2n) is 7.35. The monoisotopic (exact) mass is 396 g/mol. The largest absolute Gasteiger partial charge is 0.497 e. The molecule has 0 atom stereocenters. The maximum absolute atomic E-state index is 12.9. The topological polar surface area (TPSA) is 59.1 Å². The highest BCUT2D eigenvalue weighted by Gasteiger charge is 2.29. The third-order valence-corrected chi connectivity index (χ3v) is 5.56. The van der Waals surface area contributed by atoms with Crippen LogP contribution in [-0.4, -0.2) is 51.1 Å². The fraction of sp³-hybridized carbons (Fsp3) is 0.391. The summed E-state index contributed by atoms with van der Waals surface area (Å²) in [6, 6.07) is 12.9. The highest BCUT2D eigenvalue weighted by atomic mass is 16.5. The van der Waals surface area contributed by atoms with E-state index in [0.29, 0.717) is 31.5 Å². The zero-order valence-corrected chi connectivity index (χ0v) is 17.5. The molecule has 0 radical (unpaired) electrons. The molecule has 6 nitrogen and oxygen atoms in total. The lowest BCUT2D eigenvalue weighted by atomic mass is 9.88. The van der Waals surface area contributed by atoms with Gasteiger partial charge in [-0.05, 0) is 67.8 Å². The molecule has 1 aliphatic heterocycles. The number of benzene rings is 2. The van der Waals surface area contributed by atoms with Crippen molar-refractivity contribution in [3.63, 3.8) is 0 Å². The maximum atomic E-state index is 12.9. The van der Waals surface area contributed by atoms with Gasteiger partial charge in [0.2, 0.25) is 0 Å². The predicted molar refractivity (Wildman–Crippen MR) is 113 cm³/mol. The molecule has 0 aromatic heterocycles. The summed E-state index contributed by atoms with van der Waals surface area (Å²) in [4.78, 5) is 29.2. The van der Waals surface area contributed by atoms with Crippen LogP contribution in [0.2, 0.25) is 0 Å². The van der Waals surface area contributed by atoms with E-state index in [-0.39, 0.29) is 17.7 Å². The summed E-state index contributed by atoms with van der Waals surface area (Å²) in [6.45, 7) is 3.08. The van der Waals surface area contributed by atoms with Gasteiger partial charge in [-0.25, -0.2) is 4.79 Å². The zero-order valence-electron chi connectivity index (χ0n) is 17.5. The first-order valence-electron chi connectivity index (χ1n) is 9.80. The number of amides is 2. The van der Waals surface area contributed by atoms with Crippen LogP contribution >= 0.6 is 0 Å². The molecule has 1 saturated heterocycles. The first kappa shape index (κ1) is 20.7. The Balaban J connectivity index is 1.59. The van der Waals surface area contributed by atoms with Gasteiger partial charge >= 0.3 is 6.03 Å². The molecule has 29 heavy (non-hydrogen) atoms. The van der Waals surface area contributed by atoms with Crippen LogP contribution in [0.3, 0.4) is 0 Å². The van der Waals surface area contributed by atoms with Crippen LogP contribution in [0.15, 0.2) is 42.5 Å². The van der Waals surface area contributed by atoms with Crippen molar-refractivity contribution in [2.24, 2.45) is 5.92 Å². The molecule has 0 spiro atoms. The lowest BCUT2D eigenvalue weighted by Crippen LogP contribution is -2.46. The predicted octanol–water partition coefficient (Wildman–Crippen LogP) is 4.16. The Labute approximate surface area is 172 Å². The summed E-state index contributed by atoms with van der Waals surface area (Å²) in [6.07, 6.45) is 1.35. The molecule has 1 aliphatic rings. The number of piperidine rings is 1. The van der Waals surface area contributed by atoms with E-state index in [4.69, 9.17) is 9.47 Å². The fourth-order valence-corrected chi connectivity index (χ4v) is 3.73. The molecule has 0 unspecified atom stereocenters. The average Bonchev–Trinajstić information content (AvgIpc) is 2.77. The number of ether oxygens (including phenoxy) is 2. The number of carbonyl (C=O) groups is 2. The number of methoxy groups -OCH3 is 2. The van der Waals surface area contributed by atoms with E-state index in [1.165, 1.54) is 0 Å². The van der Waals surface area contributed by atoms with Crippen LogP contribution in [0.1, 0.15) is 28.8 Å². The summed E-state index contributed by atoms with van der Waals surface area (Å²) < 4.78 is 10.4. The fourth-order valence-electron chi connectivity index (χ4n) is 3.73. The number of likely N-dealkylation sites (tertiary alicyclic amines) is 1. The molecule has 2 aromatic carbocycles. The Bertz CT molecular complexity index is 871. The molecule has 6 heteroatoms. The van der Waals surface area contributed by atoms with Gasteiger partial charge in [0.05, 0.1) is 14.2 Å². The molecule has 154 valence electrons. The van der Waals surface area contributed by atoms with Crippen LogP contribution in [0.25, 0.3) is 0 Å². The van der Waals surface area contributed by atoms with E-state index in [9.17, 15) is 9.59 Å². The van der Waals surface area contributed by atoms with Gasteiger partial charge in [0, 0.05) is 37.3 Å². The lowest BCUT2D eigenvalue weighted by molar-refractivity contribution is 0.0857. The summed E-state index contributed by atoms with van der Waals surface area (Å²) in [5, 5.41) is 0. The van der Waals surface area contributed by atoms with Gasteiger partial charge in [-0.15, -0.1) is 0 Å². The van der Waals surface area contributed by atoms with Gasteiger partial charge in [0.25, 0.3) is 0 Å². The highest BCUT2D eigenvalue weighted by molar-refractivity contribution is 5.98. The smallest absolute Gasteiger partial charge is 0.324 e. The molecule has 2 amide bonds. The maximum Gasteiger partial charge on any atom is 0.324 e. The number of nitrogens with zero attached hydrogens (tertiary/aromatic N) is 2. The van der Waals surface area contributed by atoms with Gasteiger partial charge in [-0.2, -0.15) is 0 Å². The Morgan fingerprint density at radius 2 is 1.66 bits per heavy atom. The molecular weight excluding hydrogens is 368 g/mol. The Morgan fingerprint density at radius 3 is 2.21 bits per heavy atom. The van der Waals surface area contributed by atoms with E-state index in [2.05, 4.69) is 0 Å². The van der Waals surface area contributed by atoms with Crippen molar-refractivity contribution in [3.8, 4) is 11.5 Å². The molecule has 0 N–H and O–H groups in total. The SMILES string of the molecule is COc1ccc(N(C)C(=O)N2CCC(C(=O)c3ccc(OC)c(C)c3)CC2)cc1. The van der Waals surface area contributed by atoms with Crippen LogP contribution < -0.4 is 14.4 Å². The number of urea groups is 1. The van der Waals surface area contributed by atoms with Crippen LogP contribution in [0.4, 0.5) is 10.5 Å². The third-order valence-electron chi connectivity index (χ3n) is 5.56. The average molecular weight is 396 g/mol. The first-order valence-corrected chi connectivity index (χ1v) is 9.80. The number of rotatable bonds is 5. The molecule has 0 bridgehead atoms. The van der Waals surface area contributed by atoms with E-state index in [0.717, 1.165) is 22.7 Å². The minimum absolute atomic E-state index is 0.0543. The van der Waals surface area contributed by atoms with Crippen molar-refractivity contribution in [1.82, 2.24) is 4.90 Å². The number of ketones is 1. The molecule has 1 fully saturated rings. The molecule has 3 rings (SSSR count).